The maximum absolute atomic E-state index is 14.0. The molecule has 5 rings (SSSR count). The number of carbonyl (C=O) groups is 1. The zero-order chi connectivity index (χ0) is 29.5. The molecule has 1 amide bonds. The van der Waals surface area contributed by atoms with Gasteiger partial charge in [-0.25, -0.2) is 4.98 Å². The number of nitrogens with two attached hydrogens (primary N) is 1. The highest BCUT2D eigenvalue weighted by Gasteiger charge is 2.27. The molecule has 41 heavy (non-hydrogen) atoms. The van der Waals surface area contributed by atoms with Gasteiger partial charge in [-0.2, -0.15) is 5.10 Å². The van der Waals surface area contributed by atoms with Gasteiger partial charge in [0.2, 0.25) is 0 Å². The van der Waals surface area contributed by atoms with E-state index in [1.54, 1.807) is 28.0 Å². The Bertz CT molecular complexity index is 1680. The summed E-state index contributed by atoms with van der Waals surface area (Å²) in [6.45, 7) is 13.1. The number of pyridine rings is 2. The third-order valence-electron chi connectivity index (χ3n) is 6.76. The van der Waals surface area contributed by atoms with Crippen LogP contribution in [0.2, 0.25) is 19.6 Å². The number of aryl methyl sites for hydroxylation is 1. The number of fused-ring (bicyclic) bond motifs is 3. The molecule has 2 N–H and O–H groups in total. The van der Waals surface area contributed by atoms with Crippen molar-refractivity contribution in [1.82, 2.24) is 19.7 Å². The van der Waals surface area contributed by atoms with E-state index < -0.39 is 13.9 Å². The number of carbonyl (C=O) groups excluding carboxylic acids is 1. The maximum atomic E-state index is 14.0. The van der Waals surface area contributed by atoms with E-state index in [-0.39, 0.29) is 18.6 Å². The minimum atomic E-state index is -1.73. The van der Waals surface area contributed by atoms with Gasteiger partial charge < -0.3 is 14.9 Å². The molecule has 0 saturated heterocycles. The van der Waals surface area contributed by atoms with Gasteiger partial charge in [-0.1, -0.05) is 11.8 Å². The number of amides is 1. The number of hydrogen-bond donors (Lipinski definition) is 1. The first-order chi connectivity index (χ1) is 19.3. The Morgan fingerprint density at radius 2 is 2.02 bits per heavy atom. The van der Waals surface area contributed by atoms with Gasteiger partial charge in [0.05, 0.1) is 42.4 Å². The van der Waals surface area contributed by atoms with Crippen molar-refractivity contribution in [3.05, 3.63) is 76.9 Å². The molecule has 9 nitrogen and oxygen atoms in total. The van der Waals surface area contributed by atoms with Crippen LogP contribution >= 0.6 is 0 Å². The molecule has 0 bridgehead atoms. The van der Waals surface area contributed by atoms with Gasteiger partial charge in [-0.15, -0.1) is 0 Å². The number of benzene rings is 1. The lowest BCUT2D eigenvalue weighted by Crippen LogP contribution is -2.37. The molecule has 0 fully saturated rings. The molecule has 212 valence electrons. The van der Waals surface area contributed by atoms with Crippen LogP contribution in [-0.4, -0.2) is 39.6 Å². The first-order valence-corrected chi connectivity index (χ1v) is 17.0. The van der Waals surface area contributed by atoms with E-state index in [1.165, 1.54) is 0 Å². The fourth-order valence-electron chi connectivity index (χ4n) is 5.15. The molecule has 0 saturated carbocycles. The number of hydrogen-bond acceptors (Lipinski definition) is 7. The first kappa shape index (κ1) is 28.5. The quantitative estimate of drug-likeness (QED) is 0.246. The van der Waals surface area contributed by atoms with Crippen LogP contribution in [0.25, 0.3) is 10.9 Å². The smallest absolute Gasteiger partial charge is 0.258 e. The minimum absolute atomic E-state index is 0.133. The minimum Gasteiger partial charge on any atom is -0.402 e. The molecule has 1 unspecified atom stereocenters. The van der Waals surface area contributed by atoms with Gasteiger partial charge in [-0.3, -0.25) is 19.4 Å². The molecular weight excluding hydrogens is 532 g/mol. The predicted octanol–water partition coefficient (Wildman–Crippen LogP) is 5.37. The molecule has 0 radical (unpaired) electrons. The van der Waals surface area contributed by atoms with Crippen molar-refractivity contribution in [1.29, 1.82) is 0 Å². The molecule has 3 aromatic heterocycles. The summed E-state index contributed by atoms with van der Waals surface area (Å²) in [7, 11) is 0.0897. The van der Waals surface area contributed by atoms with E-state index in [1.807, 2.05) is 58.3 Å². The van der Waals surface area contributed by atoms with Crippen molar-refractivity contribution >= 4 is 36.6 Å². The van der Waals surface area contributed by atoms with E-state index in [4.69, 9.17) is 14.9 Å². The zero-order valence-corrected chi connectivity index (χ0v) is 25.6. The summed E-state index contributed by atoms with van der Waals surface area (Å²) in [6.07, 6.45) is 5.09. The van der Waals surface area contributed by atoms with Crippen molar-refractivity contribution in [2.75, 3.05) is 10.6 Å². The standard InChI is InChI=1S/C31H36N6O3Si/c1-20-28-26(19-39-20)25-14-22(9-11-27(25)35-29(28)32)30(38)37(24-16-34-36(4)18-24)17-23-10-8-21(15-33-23)12-13-31(2,3)40-41(5,6)7/h8-11,14-16,18,20H,17,19H2,1-7H3,(H2,32,35). The third kappa shape index (κ3) is 6.33. The van der Waals surface area contributed by atoms with E-state index in [9.17, 15) is 4.79 Å². The average Bonchev–Trinajstić information content (AvgIpc) is 3.51. The van der Waals surface area contributed by atoms with Gasteiger partial charge in [0.1, 0.15) is 11.4 Å². The second-order valence-corrected chi connectivity index (χ2v) is 16.3. The lowest BCUT2D eigenvalue weighted by Gasteiger charge is -2.28. The van der Waals surface area contributed by atoms with Crippen LogP contribution in [-0.2, 0) is 29.4 Å². The fourth-order valence-corrected chi connectivity index (χ4v) is 6.73. The van der Waals surface area contributed by atoms with Crippen LogP contribution < -0.4 is 10.6 Å². The number of rotatable bonds is 6. The second-order valence-electron chi connectivity index (χ2n) is 11.9. The number of nitrogens with zero attached hydrogens (tertiary/aromatic N) is 5. The summed E-state index contributed by atoms with van der Waals surface area (Å²) in [5, 5.41) is 5.16. The third-order valence-corrected chi connectivity index (χ3v) is 7.88. The highest BCUT2D eigenvalue weighted by Crippen LogP contribution is 2.38. The van der Waals surface area contributed by atoms with Gasteiger partial charge in [0, 0.05) is 41.5 Å². The zero-order valence-electron chi connectivity index (χ0n) is 24.6. The molecule has 0 spiro atoms. The summed E-state index contributed by atoms with van der Waals surface area (Å²) >= 11 is 0. The van der Waals surface area contributed by atoms with E-state index >= 15 is 0 Å². The van der Waals surface area contributed by atoms with Crippen molar-refractivity contribution in [2.45, 2.75) is 65.3 Å². The Morgan fingerprint density at radius 3 is 2.68 bits per heavy atom. The summed E-state index contributed by atoms with van der Waals surface area (Å²) in [5.41, 5.74) is 11.0. The summed E-state index contributed by atoms with van der Waals surface area (Å²) in [5.74, 6) is 6.71. The largest absolute Gasteiger partial charge is 0.402 e. The van der Waals surface area contributed by atoms with Crippen molar-refractivity contribution in [3.8, 4) is 11.8 Å². The highest BCUT2D eigenvalue weighted by atomic mass is 28.4. The van der Waals surface area contributed by atoms with Crippen LogP contribution in [0.5, 0.6) is 0 Å². The molecule has 1 aliphatic heterocycles. The molecule has 4 heterocycles. The maximum Gasteiger partial charge on any atom is 0.258 e. The fraction of sp³-hybridized carbons (Fsp3) is 0.355. The van der Waals surface area contributed by atoms with Gasteiger partial charge in [0.15, 0.2) is 8.32 Å². The predicted molar refractivity (Wildman–Crippen MR) is 163 cm³/mol. The molecule has 1 aromatic carbocycles. The summed E-state index contributed by atoms with van der Waals surface area (Å²) < 4.78 is 13.7. The van der Waals surface area contributed by atoms with Crippen molar-refractivity contribution in [3.63, 3.8) is 0 Å². The first-order valence-electron chi connectivity index (χ1n) is 13.6. The number of nitrogen functional groups attached to an aromatic ring is 1. The Hall–Kier alpha value is -4.04. The lowest BCUT2D eigenvalue weighted by atomic mass is 10.00. The number of anilines is 2. The molecule has 1 aliphatic rings. The average molecular weight is 569 g/mol. The number of aromatic nitrogens is 4. The van der Waals surface area contributed by atoms with Gasteiger partial charge in [-0.05, 0) is 76.3 Å². The second kappa shape index (κ2) is 10.7. The van der Waals surface area contributed by atoms with E-state index in [0.29, 0.717) is 23.7 Å². The molecule has 0 aliphatic carbocycles. The molecule has 1 atom stereocenters. The molecule has 4 aromatic rings. The monoisotopic (exact) mass is 568 g/mol. The van der Waals surface area contributed by atoms with Crippen molar-refractivity contribution < 1.29 is 14.0 Å². The van der Waals surface area contributed by atoms with Gasteiger partial charge in [0.25, 0.3) is 5.91 Å². The highest BCUT2D eigenvalue weighted by molar-refractivity contribution is 6.69. The van der Waals surface area contributed by atoms with Crippen LogP contribution in [0, 0.1) is 11.8 Å². The van der Waals surface area contributed by atoms with E-state index in [0.717, 1.165) is 33.3 Å². The van der Waals surface area contributed by atoms with Crippen LogP contribution in [0.1, 0.15) is 59.6 Å². The number of ether oxygens (including phenoxy) is 1. The summed E-state index contributed by atoms with van der Waals surface area (Å²) in [6, 6.07) is 9.31. The summed E-state index contributed by atoms with van der Waals surface area (Å²) in [4.78, 5) is 24.8. The van der Waals surface area contributed by atoms with Crippen LogP contribution in [0.3, 0.4) is 0 Å². The van der Waals surface area contributed by atoms with Crippen LogP contribution in [0.15, 0.2) is 48.9 Å². The normalized spacial score (nSPS) is 15.0. The van der Waals surface area contributed by atoms with E-state index in [2.05, 4.69) is 46.5 Å². The van der Waals surface area contributed by atoms with Crippen LogP contribution in [0.4, 0.5) is 11.5 Å². The van der Waals surface area contributed by atoms with Crippen molar-refractivity contribution in [2.24, 2.45) is 7.05 Å². The Kier molecular flexibility index (Phi) is 7.46. The SMILES string of the molecule is CC1OCc2c1c(N)nc1ccc(C(=O)N(Cc3ccc(C#CC(C)(C)O[Si](C)(C)C)cn3)c3cnn(C)c3)cc21. The topological polar surface area (TPSA) is 108 Å². The molecule has 10 heteroatoms. The Morgan fingerprint density at radius 1 is 1.24 bits per heavy atom. The van der Waals surface area contributed by atoms with Gasteiger partial charge >= 0.3 is 0 Å². The molecular formula is C31H36N6O3Si. The Balaban J connectivity index is 1.43. The Labute approximate surface area is 241 Å². The lowest BCUT2D eigenvalue weighted by molar-refractivity contribution is 0.0801.